The zero-order valence-corrected chi connectivity index (χ0v) is 14.2. The molecule has 0 aliphatic carbocycles. The lowest BCUT2D eigenvalue weighted by molar-refractivity contribution is 0.401. The first-order valence-electron chi connectivity index (χ1n) is 7.29. The predicted octanol–water partition coefficient (Wildman–Crippen LogP) is 3.33. The van der Waals surface area contributed by atoms with Gasteiger partial charge in [0.1, 0.15) is 16.7 Å². The summed E-state index contributed by atoms with van der Waals surface area (Å²) in [6, 6.07) is 8.39. The fourth-order valence-corrected chi connectivity index (χ4v) is 4.03. The Bertz CT molecular complexity index is 531. The van der Waals surface area contributed by atoms with E-state index in [0.29, 0.717) is 0 Å². The van der Waals surface area contributed by atoms with E-state index in [2.05, 4.69) is 23.0 Å². The summed E-state index contributed by atoms with van der Waals surface area (Å²) >= 11 is 0. The maximum Gasteiger partial charge on any atom is 0.118 e. The van der Waals surface area contributed by atoms with Gasteiger partial charge in [-0.05, 0) is 51.3 Å². The van der Waals surface area contributed by atoms with E-state index in [1.165, 1.54) is 11.1 Å². The lowest BCUT2D eigenvalue weighted by Gasteiger charge is -2.29. The van der Waals surface area contributed by atoms with E-state index in [1.54, 1.807) is 7.11 Å². The van der Waals surface area contributed by atoms with Gasteiger partial charge in [-0.15, -0.1) is 0 Å². The Hall–Kier alpha value is -1.13. The van der Waals surface area contributed by atoms with Crippen LogP contribution in [0.3, 0.4) is 0 Å². The summed E-state index contributed by atoms with van der Waals surface area (Å²) in [6.07, 6.45) is 1.82. The van der Waals surface area contributed by atoms with Gasteiger partial charge in [0, 0.05) is 12.6 Å². The fraction of sp³-hybridized carbons (Fsp3) is 0.529. The van der Waals surface area contributed by atoms with Gasteiger partial charge in [-0.2, -0.15) is 0 Å². The Morgan fingerprint density at radius 2 is 1.95 bits per heavy atom. The standard InChI is InChI=1S/C17H25NO2S/c1-13-10-15(18(12-13)21(19)17(2,3)4)11-14-6-8-16(20-5)9-7-14/h6-9,15H,1,10-12H2,2-5H3/t15-,21-/m1/s1. The maximum absolute atomic E-state index is 12.7. The molecule has 0 unspecified atom stereocenters. The number of benzene rings is 1. The molecular weight excluding hydrogens is 282 g/mol. The summed E-state index contributed by atoms with van der Waals surface area (Å²) < 4.78 is 19.7. The highest BCUT2D eigenvalue weighted by atomic mass is 32.2. The quantitative estimate of drug-likeness (QED) is 0.799. The molecule has 1 aromatic carbocycles. The van der Waals surface area contributed by atoms with Crippen molar-refractivity contribution in [3.05, 3.63) is 42.0 Å². The average Bonchev–Trinajstić information content (AvgIpc) is 2.78. The Morgan fingerprint density at radius 3 is 2.48 bits per heavy atom. The van der Waals surface area contributed by atoms with Crippen LogP contribution in [0.1, 0.15) is 32.8 Å². The van der Waals surface area contributed by atoms with Crippen LogP contribution >= 0.6 is 0 Å². The lowest BCUT2D eigenvalue weighted by atomic mass is 10.0. The van der Waals surface area contributed by atoms with Crippen molar-refractivity contribution in [1.29, 1.82) is 0 Å². The van der Waals surface area contributed by atoms with Crippen molar-refractivity contribution in [3.63, 3.8) is 0 Å². The second-order valence-electron chi connectivity index (χ2n) is 6.60. The van der Waals surface area contributed by atoms with Gasteiger partial charge in [-0.1, -0.05) is 24.3 Å². The molecule has 4 heteroatoms. The van der Waals surface area contributed by atoms with Crippen molar-refractivity contribution in [3.8, 4) is 5.75 Å². The summed E-state index contributed by atoms with van der Waals surface area (Å²) in [4.78, 5) is 0. The van der Waals surface area contributed by atoms with E-state index in [4.69, 9.17) is 4.74 Å². The SMILES string of the molecule is C=C1C[C@H](Cc2ccc(OC)cc2)N([S@](=O)C(C)(C)C)C1. The summed E-state index contributed by atoms with van der Waals surface area (Å²) in [6.45, 7) is 10.9. The Labute approximate surface area is 130 Å². The largest absolute Gasteiger partial charge is 0.497 e. The summed E-state index contributed by atoms with van der Waals surface area (Å²) in [5.41, 5.74) is 2.41. The molecule has 1 saturated heterocycles. The molecule has 0 spiro atoms. The van der Waals surface area contributed by atoms with E-state index in [-0.39, 0.29) is 10.8 Å². The van der Waals surface area contributed by atoms with E-state index in [0.717, 1.165) is 25.1 Å². The third-order valence-electron chi connectivity index (χ3n) is 3.68. The first kappa shape index (κ1) is 16.2. The predicted molar refractivity (Wildman–Crippen MR) is 88.8 cm³/mol. The molecule has 1 fully saturated rings. The Balaban J connectivity index is 2.12. The molecule has 3 nitrogen and oxygen atoms in total. The molecule has 1 aromatic rings. The molecule has 2 rings (SSSR count). The topological polar surface area (TPSA) is 29.5 Å². The molecule has 1 heterocycles. The van der Waals surface area contributed by atoms with Crippen LogP contribution in [0.15, 0.2) is 36.4 Å². The number of ether oxygens (including phenoxy) is 1. The zero-order chi connectivity index (χ0) is 15.6. The van der Waals surface area contributed by atoms with E-state index in [1.807, 2.05) is 32.9 Å². The normalized spacial score (nSPS) is 21.5. The molecule has 116 valence electrons. The van der Waals surface area contributed by atoms with E-state index < -0.39 is 11.0 Å². The van der Waals surface area contributed by atoms with Gasteiger partial charge in [0.05, 0.1) is 11.9 Å². The molecule has 0 bridgehead atoms. The van der Waals surface area contributed by atoms with Crippen LogP contribution < -0.4 is 4.74 Å². The van der Waals surface area contributed by atoms with Crippen molar-refractivity contribution in [1.82, 2.24) is 4.31 Å². The first-order valence-corrected chi connectivity index (χ1v) is 8.40. The van der Waals surface area contributed by atoms with Gasteiger partial charge >= 0.3 is 0 Å². The Morgan fingerprint density at radius 1 is 1.33 bits per heavy atom. The molecule has 21 heavy (non-hydrogen) atoms. The van der Waals surface area contributed by atoms with Gasteiger partial charge < -0.3 is 4.74 Å². The molecule has 0 N–H and O–H groups in total. The minimum Gasteiger partial charge on any atom is -0.497 e. The van der Waals surface area contributed by atoms with Crippen molar-refractivity contribution >= 4 is 11.0 Å². The third kappa shape index (κ3) is 3.95. The highest BCUT2D eigenvalue weighted by molar-refractivity contribution is 7.84. The second kappa shape index (κ2) is 6.32. The van der Waals surface area contributed by atoms with Crippen LogP contribution in [0.4, 0.5) is 0 Å². The molecule has 0 aromatic heterocycles. The summed E-state index contributed by atoms with van der Waals surface area (Å²) in [7, 11) is 0.676. The van der Waals surface area contributed by atoms with Crippen molar-refractivity contribution in [2.45, 2.75) is 44.4 Å². The third-order valence-corrected chi connectivity index (χ3v) is 5.58. The maximum atomic E-state index is 12.7. The summed E-state index contributed by atoms with van der Waals surface area (Å²) in [5.74, 6) is 0.865. The van der Waals surface area contributed by atoms with Crippen LogP contribution in [-0.2, 0) is 17.4 Å². The zero-order valence-electron chi connectivity index (χ0n) is 13.4. The number of nitrogens with zero attached hydrogens (tertiary/aromatic N) is 1. The number of rotatable bonds is 4. The van der Waals surface area contributed by atoms with Crippen LogP contribution in [0.2, 0.25) is 0 Å². The van der Waals surface area contributed by atoms with Crippen molar-refractivity contribution < 1.29 is 8.95 Å². The van der Waals surface area contributed by atoms with Gasteiger partial charge in [0.25, 0.3) is 0 Å². The van der Waals surface area contributed by atoms with Crippen LogP contribution in [-0.4, -0.2) is 33.0 Å². The number of hydrogen-bond acceptors (Lipinski definition) is 2. The van der Waals surface area contributed by atoms with Crippen molar-refractivity contribution in [2.75, 3.05) is 13.7 Å². The average molecular weight is 307 g/mol. The van der Waals surface area contributed by atoms with Gasteiger partial charge in [-0.25, -0.2) is 8.51 Å². The highest BCUT2D eigenvalue weighted by Gasteiger charge is 2.36. The summed E-state index contributed by atoms with van der Waals surface area (Å²) in [5, 5.41) is 0. The van der Waals surface area contributed by atoms with Gasteiger partial charge in [-0.3, -0.25) is 0 Å². The molecule has 1 aliphatic heterocycles. The lowest BCUT2D eigenvalue weighted by Crippen LogP contribution is -2.41. The smallest absolute Gasteiger partial charge is 0.118 e. The highest BCUT2D eigenvalue weighted by Crippen LogP contribution is 2.30. The van der Waals surface area contributed by atoms with Crippen molar-refractivity contribution in [2.24, 2.45) is 0 Å². The van der Waals surface area contributed by atoms with Crippen LogP contribution in [0.5, 0.6) is 5.75 Å². The van der Waals surface area contributed by atoms with E-state index >= 15 is 0 Å². The monoisotopic (exact) mass is 307 g/mol. The van der Waals surface area contributed by atoms with Gasteiger partial charge in [0.2, 0.25) is 0 Å². The molecule has 0 saturated carbocycles. The minimum absolute atomic E-state index is 0.233. The van der Waals surface area contributed by atoms with Crippen LogP contribution in [0.25, 0.3) is 0 Å². The minimum atomic E-state index is -0.995. The molecular formula is C17H25NO2S. The first-order chi connectivity index (χ1) is 9.81. The molecule has 1 aliphatic rings. The number of hydrogen-bond donors (Lipinski definition) is 0. The molecule has 0 amide bonds. The molecule has 2 atom stereocenters. The fourth-order valence-electron chi connectivity index (χ4n) is 2.60. The van der Waals surface area contributed by atoms with E-state index in [9.17, 15) is 4.21 Å². The number of methoxy groups -OCH3 is 1. The molecule has 0 radical (unpaired) electrons. The van der Waals surface area contributed by atoms with Gasteiger partial charge in [0.15, 0.2) is 0 Å². The Kier molecular flexibility index (Phi) is 4.89. The second-order valence-corrected chi connectivity index (χ2v) is 8.79. The van der Waals surface area contributed by atoms with Crippen LogP contribution in [0, 0.1) is 0 Å².